The zero-order valence-electron chi connectivity index (χ0n) is 13.5. The summed E-state index contributed by atoms with van der Waals surface area (Å²) in [7, 11) is 0. The Morgan fingerprint density at radius 1 is 1.12 bits per heavy atom. The molecule has 0 radical (unpaired) electrons. The third kappa shape index (κ3) is 3.55. The number of carbonyl (C=O) groups excluding carboxylic acids is 1. The van der Waals surface area contributed by atoms with Crippen molar-refractivity contribution in [3.8, 4) is 11.3 Å². The molecule has 0 atom stereocenters. The molecule has 0 saturated carbocycles. The van der Waals surface area contributed by atoms with E-state index in [9.17, 15) is 9.18 Å². The number of benzene rings is 2. The molecular weight excluding hydrogens is 351 g/mol. The highest BCUT2D eigenvalue weighted by Gasteiger charge is 2.07. The minimum absolute atomic E-state index is 0.328. The van der Waals surface area contributed by atoms with Crippen molar-refractivity contribution in [1.82, 2.24) is 4.98 Å². The van der Waals surface area contributed by atoms with Crippen molar-refractivity contribution >= 4 is 38.7 Å². The fourth-order valence-electron chi connectivity index (χ4n) is 2.46. The lowest BCUT2D eigenvalue weighted by atomic mass is 10.2. The zero-order valence-corrected chi connectivity index (χ0v) is 14.3. The van der Waals surface area contributed by atoms with E-state index in [1.54, 1.807) is 18.2 Å². The molecular formula is C20H13FN2O2S. The van der Waals surface area contributed by atoms with E-state index in [0.29, 0.717) is 21.1 Å². The third-order valence-corrected chi connectivity index (χ3v) is 4.60. The Hall–Kier alpha value is -3.25. The molecule has 0 aliphatic carbocycles. The molecule has 0 fully saturated rings. The highest BCUT2D eigenvalue weighted by Crippen LogP contribution is 2.26. The summed E-state index contributed by atoms with van der Waals surface area (Å²) in [4.78, 5) is 16.3. The minimum atomic E-state index is -0.331. The van der Waals surface area contributed by atoms with Crippen LogP contribution in [0.15, 0.2) is 71.2 Å². The number of nitrogens with zero attached hydrogens (tertiary/aromatic N) is 1. The number of hydrogen-bond donors (Lipinski definition) is 1. The molecule has 1 N–H and O–H groups in total. The molecule has 0 bridgehead atoms. The van der Waals surface area contributed by atoms with E-state index >= 15 is 0 Å². The summed E-state index contributed by atoms with van der Waals surface area (Å²) in [5.41, 5.74) is 1.62. The van der Waals surface area contributed by atoms with Crippen LogP contribution in [0.25, 0.3) is 27.6 Å². The van der Waals surface area contributed by atoms with E-state index < -0.39 is 0 Å². The van der Waals surface area contributed by atoms with Crippen LogP contribution >= 0.6 is 11.3 Å². The second-order valence-electron chi connectivity index (χ2n) is 5.52. The number of rotatable bonds is 4. The SMILES string of the molecule is O=C(/C=C/c1ccc(-c2ccccc2)o1)Nc1nc2ccc(F)cc2s1. The van der Waals surface area contributed by atoms with Gasteiger partial charge in [-0.25, -0.2) is 9.37 Å². The van der Waals surface area contributed by atoms with E-state index in [4.69, 9.17) is 4.42 Å². The maximum Gasteiger partial charge on any atom is 0.250 e. The van der Waals surface area contributed by atoms with Crippen molar-refractivity contribution in [2.75, 3.05) is 5.32 Å². The van der Waals surface area contributed by atoms with Crippen molar-refractivity contribution in [2.45, 2.75) is 0 Å². The molecule has 2 aromatic heterocycles. The standard InChI is InChI=1S/C20H13FN2O2S/c21-14-6-9-16-18(12-14)26-20(22-16)23-19(24)11-8-15-7-10-17(25-15)13-4-2-1-3-5-13/h1-12H,(H,22,23,24)/b11-8+. The molecule has 26 heavy (non-hydrogen) atoms. The predicted octanol–water partition coefficient (Wildman–Crippen LogP) is 5.35. The average Bonchev–Trinajstić information content (AvgIpc) is 3.27. The smallest absolute Gasteiger partial charge is 0.250 e. The van der Waals surface area contributed by atoms with Gasteiger partial charge >= 0.3 is 0 Å². The molecule has 0 saturated heterocycles. The van der Waals surface area contributed by atoms with E-state index in [0.717, 1.165) is 11.3 Å². The zero-order chi connectivity index (χ0) is 17.9. The number of fused-ring (bicyclic) bond motifs is 1. The van der Waals surface area contributed by atoms with E-state index in [1.165, 1.54) is 29.5 Å². The van der Waals surface area contributed by atoms with Crippen molar-refractivity contribution in [3.05, 3.63) is 78.3 Å². The Labute approximate surface area is 152 Å². The summed E-state index contributed by atoms with van der Waals surface area (Å²) in [5.74, 6) is 0.650. The number of hydrogen-bond acceptors (Lipinski definition) is 4. The monoisotopic (exact) mass is 364 g/mol. The van der Waals surface area contributed by atoms with E-state index in [1.807, 2.05) is 36.4 Å². The first kappa shape index (κ1) is 16.2. The van der Waals surface area contributed by atoms with Crippen LogP contribution in [0, 0.1) is 5.82 Å². The van der Waals surface area contributed by atoms with Gasteiger partial charge in [-0.15, -0.1) is 0 Å². The predicted molar refractivity (Wildman–Crippen MR) is 101 cm³/mol. The number of nitrogens with one attached hydrogen (secondary N) is 1. The lowest BCUT2D eigenvalue weighted by Gasteiger charge is -1.95. The second-order valence-corrected chi connectivity index (χ2v) is 6.55. The maximum absolute atomic E-state index is 13.2. The quantitative estimate of drug-likeness (QED) is 0.497. The highest BCUT2D eigenvalue weighted by molar-refractivity contribution is 7.22. The lowest BCUT2D eigenvalue weighted by molar-refractivity contribution is -0.111. The summed E-state index contributed by atoms with van der Waals surface area (Å²) < 4.78 is 19.6. The first-order chi connectivity index (χ1) is 12.7. The van der Waals surface area contributed by atoms with Crippen molar-refractivity contribution < 1.29 is 13.6 Å². The lowest BCUT2D eigenvalue weighted by Crippen LogP contribution is -2.07. The number of thiazole rings is 1. The van der Waals surface area contributed by atoms with Crippen LogP contribution in [-0.2, 0) is 4.79 Å². The molecule has 1 amide bonds. The van der Waals surface area contributed by atoms with Crippen LogP contribution < -0.4 is 5.32 Å². The Morgan fingerprint density at radius 2 is 1.96 bits per heavy atom. The number of anilines is 1. The Morgan fingerprint density at radius 3 is 2.81 bits per heavy atom. The summed E-state index contributed by atoms with van der Waals surface area (Å²) in [5, 5.41) is 3.10. The topological polar surface area (TPSA) is 55.1 Å². The van der Waals surface area contributed by atoms with E-state index in [-0.39, 0.29) is 11.7 Å². The number of halogens is 1. The second kappa shape index (κ2) is 6.93. The van der Waals surface area contributed by atoms with Gasteiger partial charge in [0.15, 0.2) is 5.13 Å². The summed E-state index contributed by atoms with van der Waals surface area (Å²) in [6.45, 7) is 0. The molecule has 2 heterocycles. The van der Waals surface area contributed by atoms with Gasteiger partial charge in [-0.3, -0.25) is 10.1 Å². The van der Waals surface area contributed by atoms with Gasteiger partial charge in [-0.05, 0) is 36.4 Å². The van der Waals surface area contributed by atoms with Crippen LogP contribution in [0.2, 0.25) is 0 Å². The first-order valence-electron chi connectivity index (χ1n) is 7.88. The molecule has 6 heteroatoms. The fourth-order valence-corrected chi connectivity index (χ4v) is 3.35. The normalized spacial score (nSPS) is 11.3. The highest BCUT2D eigenvalue weighted by atomic mass is 32.1. The van der Waals surface area contributed by atoms with Crippen molar-refractivity contribution in [2.24, 2.45) is 0 Å². The Balaban J connectivity index is 1.45. The minimum Gasteiger partial charge on any atom is -0.457 e. The molecule has 128 valence electrons. The Kier molecular flexibility index (Phi) is 4.33. The molecule has 0 spiro atoms. The summed E-state index contributed by atoms with van der Waals surface area (Å²) >= 11 is 1.22. The average molecular weight is 364 g/mol. The van der Waals surface area contributed by atoms with Gasteiger partial charge in [-0.1, -0.05) is 41.7 Å². The third-order valence-electron chi connectivity index (χ3n) is 3.66. The molecule has 4 rings (SSSR count). The van der Waals surface area contributed by atoms with Crippen molar-refractivity contribution in [1.29, 1.82) is 0 Å². The van der Waals surface area contributed by atoms with Crippen LogP contribution in [0.3, 0.4) is 0 Å². The molecule has 4 nitrogen and oxygen atoms in total. The molecule has 4 aromatic rings. The van der Waals surface area contributed by atoms with Gasteiger partial charge in [-0.2, -0.15) is 0 Å². The number of amides is 1. The van der Waals surface area contributed by atoms with Crippen molar-refractivity contribution in [3.63, 3.8) is 0 Å². The van der Waals surface area contributed by atoms with Crippen LogP contribution in [-0.4, -0.2) is 10.9 Å². The summed E-state index contributed by atoms with van der Waals surface area (Å²) in [6, 6.07) is 17.7. The van der Waals surface area contributed by atoms with Gasteiger partial charge in [0.1, 0.15) is 17.3 Å². The van der Waals surface area contributed by atoms with Gasteiger partial charge in [0.05, 0.1) is 10.2 Å². The number of aromatic nitrogens is 1. The number of carbonyl (C=O) groups is 1. The van der Waals surface area contributed by atoms with Gasteiger partial charge in [0.2, 0.25) is 5.91 Å². The number of furan rings is 1. The molecule has 0 aliphatic heterocycles. The molecule has 0 unspecified atom stereocenters. The van der Waals surface area contributed by atoms with Crippen LogP contribution in [0.1, 0.15) is 5.76 Å². The van der Waals surface area contributed by atoms with E-state index in [2.05, 4.69) is 10.3 Å². The van der Waals surface area contributed by atoms with Gasteiger partial charge in [0, 0.05) is 11.6 Å². The van der Waals surface area contributed by atoms with Crippen LogP contribution in [0.5, 0.6) is 0 Å². The molecule has 2 aromatic carbocycles. The molecule has 0 aliphatic rings. The Bertz CT molecular complexity index is 1100. The summed E-state index contributed by atoms with van der Waals surface area (Å²) in [6.07, 6.45) is 2.97. The van der Waals surface area contributed by atoms with Crippen LogP contribution in [0.4, 0.5) is 9.52 Å². The van der Waals surface area contributed by atoms with Gasteiger partial charge < -0.3 is 4.42 Å². The van der Waals surface area contributed by atoms with Gasteiger partial charge in [0.25, 0.3) is 0 Å². The fraction of sp³-hybridized carbons (Fsp3) is 0. The first-order valence-corrected chi connectivity index (χ1v) is 8.69. The largest absolute Gasteiger partial charge is 0.457 e. The maximum atomic E-state index is 13.2.